The third kappa shape index (κ3) is 7.32. The highest BCUT2D eigenvalue weighted by atomic mass is 19.1. The molecule has 3 aliphatic heterocycles. The van der Waals surface area contributed by atoms with Crippen molar-refractivity contribution in [2.24, 2.45) is 17.2 Å². The number of amidine groups is 1. The number of halogens is 1. The summed E-state index contributed by atoms with van der Waals surface area (Å²) in [6.07, 6.45) is -9.21. The van der Waals surface area contributed by atoms with E-state index >= 15 is 0 Å². The molecule has 13 atom stereocenters. The van der Waals surface area contributed by atoms with Crippen LogP contribution < -0.4 is 33.2 Å². The highest BCUT2D eigenvalue weighted by Gasteiger charge is 2.52. The Kier molecular flexibility index (Phi) is 11.2. The summed E-state index contributed by atoms with van der Waals surface area (Å²) in [5, 5.41) is 69.8. The lowest BCUT2D eigenvalue weighted by Crippen LogP contribution is -2.72. The first-order valence-corrected chi connectivity index (χ1v) is 14.1. The maximum Gasteiger partial charge on any atom is 0.186 e. The van der Waals surface area contributed by atoms with Gasteiger partial charge in [-0.05, 0) is 19.3 Å². The molecule has 4 rings (SSSR count). The second kappa shape index (κ2) is 14.1. The molecule has 4 aliphatic rings. The molecule has 238 valence electrons. The Morgan fingerprint density at radius 2 is 1.71 bits per heavy atom. The lowest BCUT2D eigenvalue weighted by molar-refractivity contribution is -0.313. The van der Waals surface area contributed by atoms with Crippen molar-refractivity contribution < 1.29 is 48.9 Å². The van der Waals surface area contributed by atoms with E-state index in [1.165, 1.54) is 0 Å². The first-order chi connectivity index (χ1) is 19.5. The monoisotopic (exact) mass is 595 g/mol. The minimum absolute atomic E-state index is 0.0998. The maximum absolute atomic E-state index is 12.5. The predicted molar refractivity (Wildman–Crippen MR) is 141 cm³/mol. The molecular formula is C24H46FN7O9. The molecule has 4 fully saturated rings. The molecule has 0 aromatic heterocycles. The molecule has 3 heterocycles. The number of rotatable bonds is 11. The highest BCUT2D eigenvalue weighted by Crippen LogP contribution is 2.32. The van der Waals surface area contributed by atoms with Gasteiger partial charge in [0.2, 0.25) is 0 Å². The standard InChI is InChI=1S/C24H46FN7O9/c25-3-4-30-6-10-1-2-11(26)21(38-10)40-19-12(27)5-13(32-23(29)24(37)8-31-9-24)20(18(19)36)41-22-17(35)15(28)16(34)14(7-33)39-22/h10-22,30-31,33-37H,1-9,26-28H2,(H2,29,32)/t10-,11?,12-,13+,14?,15-,16?,17?,18?,19?,20?,21+,22+/m0/s1. The minimum atomic E-state index is -1.53. The Morgan fingerprint density at radius 1 is 1.00 bits per heavy atom. The SMILES string of the molecule is N=C(N[C@@H]1C[C@H](N)C(O[C@H]2O[C@H](CNCCF)CCC2N)C(O)C1O[C@H]1OC(CO)C(O)[C@H](N)C1O)C1(O)CNC1. The van der Waals surface area contributed by atoms with Crippen molar-refractivity contribution in [3.8, 4) is 0 Å². The molecule has 17 heteroatoms. The van der Waals surface area contributed by atoms with Crippen molar-refractivity contribution in [3.63, 3.8) is 0 Å². The smallest absolute Gasteiger partial charge is 0.186 e. The Morgan fingerprint density at radius 3 is 2.34 bits per heavy atom. The molecule has 0 spiro atoms. The highest BCUT2D eigenvalue weighted by molar-refractivity contribution is 5.89. The van der Waals surface area contributed by atoms with Gasteiger partial charge >= 0.3 is 0 Å². The number of hydrogen-bond donors (Lipinski definition) is 12. The molecule has 1 saturated carbocycles. The van der Waals surface area contributed by atoms with Gasteiger partial charge in [-0.1, -0.05) is 0 Å². The van der Waals surface area contributed by atoms with Gasteiger partial charge in [0.15, 0.2) is 12.6 Å². The number of aliphatic hydroxyl groups excluding tert-OH is 4. The molecule has 0 radical (unpaired) electrons. The van der Waals surface area contributed by atoms with Crippen LogP contribution in [0.4, 0.5) is 4.39 Å². The van der Waals surface area contributed by atoms with E-state index < -0.39 is 92.3 Å². The number of ether oxygens (including phenoxy) is 4. The molecule has 15 N–H and O–H groups in total. The molecular weight excluding hydrogens is 549 g/mol. The first-order valence-electron chi connectivity index (χ1n) is 14.1. The molecule has 7 unspecified atom stereocenters. The summed E-state index contributed by atoms with van der Waals surface area (Å²) in [5.74, 6) is -0.208. The molecule has 0 aromatic rings. The predicted octanol–water partition coefficient (Wildman–Crippen LogP) is -5.72. The Balaban J connectivity index is 1.51. The topological polar surface area (TPSA) is 276 Å². The average molecular weight is 596 g/mol. The fourth-order valence-electron chi connectivity index (χ4n) is 5.62. The van der Waals surface area contributed by atoms with Crippen molar-refractivity contribution in [2.45, 2.75) is 104 Å². The molecule has 3 saturated heterocycles. The van der Waals surface area contributed by atoms with Crippen LogP contribution >= 0.6 is 0 Å². The summed E-state index contributed by atoms with van der Waals surface area (Å²) in [7, 11) is 0. The summed E-state index contributed by atoms with van der Waals surface area (Å²) < 4.78 is 36.2. The zero-order valence-electron chi connectivity index (χ0n) is 22.8. The Hall–Kier alpha value is -1.16. The van der Waals surface area contributed by atoms with Gasteiger partial charge in [-0.15, -0.1) is 0 Å². The quantitative estimate of drug-likeness (QED) is 0.0602. The van der Waals surface area contributed by atoms with Crippen molar-refractivity contribution in [1.29, 1.82) is 5.41 Å². The number of nitrogens with two attached hydrogens (primary N) is 3. The van der Waals surface area contributed by atoms with Crippen molar-refractivity contribution in [3.05, 3.63) is 0 Å². The average Bonchev–Trinajstić information content (AvgIpc) is 2.93. The molecule has 0 amide bonds. The van der Waals surface area contributed by atoms with E-state index in [1.54, 1.807) is 0 Å². The first kappa shape index (κ1) is 32.7. The van der Waals surface area contributed by atoms with E-state index in [-0.39, 0.29) is 38.0 Å². The number of hydrogen-bond acceptors (Lipinski definition) is 15. The number of β-amino-alcohol motifs (C(OH)–C–C–N with tert-alkyl or cyclic N) is 1. The van der Waals surface area contributed by atoms with Crippen LogP contribution in [0.25, 0.3) is 0 Å². The van der Waals surface area contributed by atoms with Crippen LogP contribution in [0.5, 0.6) is 0 Å². The van der Waals surface area contributed by atoms with Crippen LogP contribution in [0.2, 0.25) is 0 Å². The third-order valence-corrected chi connectivity index (χ3v) is 8.31. The molecule has 1 aliphatic carbocycles. The zero-order chi connectivity index (χ0) is 29.9. The number of alkyl halides is 1. The fourth-order valence-corrected chi connectivity index (χ4v) is 5.62. The molecule has 0 bridgehead atoms. The van der Waals surface area contributed by atoms with Gasteiger partial charge < -0.3 is 77.6 Å². The third-order valence-electron chi connectivity index (χ3n) is 8.31. The lowest BCUT2D eigenvalue weighted by Gasteiger charge is -2.49. The van der Waals surface area contributed by atoms with Gasteiger partial charge in [-0.2, -0.15) is 0 Å². The van der Waals surface area contributed by atoms with Crippen LogP contribution in [-0.4, -0.2) is 156 Å². The molecule has 16 nitrogen and oxygen atoms in total. The molecule has 41 heavy (non-hydrogen) atoms. The summed E-state index contributed by atoms with van der Waals surface area (Å²) in [4.78, 5) is 0. The minimum Gasteiger partial charge on any atom is -0.394 e. The fraction of sp³-hybridized carbons (Fsp3) is 0.958. The summed E-state index contributed by atoms with van der Waals surface area (Å²) >= 11 is 0. The van der Waals surface area contributed by atoms with E-state index in [4.69, 9.17) is 41.6 Å². The zero-order valence-corrected chi connectivity index (χ0v) is 22.8. The number of nitrogens with one attached hydrogen (secondary N) is 4. The van der Waals surface area contributed by atoms with Crippen molar-refractivity contribution >= 4 is 5.84 Å². The van der Waals surface area contributed by atoms with Gasteiger partial charge in [0.25, 0.3) is 0 Å². The second-order valence-electron chi connectivity index (χ2n) is 11.4. The summed E-state index contributed by atoms with van der Waals surface area (Å²) in [6, 6.07) is -3.38. The Labute approximate surface area is 237 Å². The van der Waals surface area contributed by atoms with Gasteiger partial charge in [0, 0.05) is 32.2 Å². The van der Waals surface area contributed by atoms with Gasteiger partial charge in [0.1, 0.15) is 54.7 Å². The summed E-state index contributed by atoms with van der Waals surface area (Å²) in [6.45, 7) is -0.224. The maximum atomic E-state index is 12.5. The van der Waals surface area contributed by atoms with E-state index in [2.05, 4.69) is 16.0 Å². The van der Waals surface area contributed by atoms with E-state index in [9.17, 15) is 29.9 Å². The van der Waals surface area contributed by atoms with Crippen molar-refractivity contribution in [1.82, 2.24) is 16.0 Å². The van der Waals surface area contributed by atoms with Crippen LogP contribution in [-0.2, 0) is 18.9 Å². The normalized spacial score (nSPS) is 44.7. The van der Waals surface area contributed by atoms with Crippen LogP contribution in [0.15, 0.2) is 0 Å². The van der Waals surface area contributed by atoms with Crippen LogP contribution in [0.3, 0.4) is 0 Å². The Bertz CT molecular complexity index is 862. The van der Waals surface area contributed by atoms with Gasteiger partial charge in [-0.3, -0.25) is 5.41 Å². The van der Waals surface area contributed by atoms with E-state index in [1.807, 2.05) is 0 Å². The van der Waals surface area contributed by atoms with E-state index in [0.717, 1.165) is 0 Å². The van der Waals surface area contributed by atoms with Crippen LogP contribution in [0, 0.1) is 5.41 Å². The van der Waals surface area contributed by atoms with E-state index in [0.29, 0.717) is 19.4 Å². The van der Waals surface area contributed by atoms with Crippen LogP contribution in [0.1, 0.15) is 19.3 Å². The summed E-state index contributed by atoms with van der Waals surface area (Å²) in [5.41, 5.74) is 17.2. The van der Waals surface area contributed by atoms with Crippen molar-refractivity contribution in [2.75, 3.05) is 39.5 Å². The second-order valence-corrected chi connectivity index (χ2v) is 11.4. The number of aliphatic hydroxyl groups is 5. The largest absolute Gasteiger partial charge is 0.394 e. The molecule has 0 aromatic carbocycles. The lowest BCUT2D eigenvalue weighted by atomic mass is 9.82. The van der Waals surface area contributed by atoms with Gasteiger partial charge in [-0.25, -0.2) is 4.39 Å². The van der Waals surface area contributed by atoms with Gasteiger partial charge in [0.05, 0.1) is 30.8 Å².